The highest BCUT2D eigenvalue weighted by Gasteiger charge is 2.19. The number of amides is 1. The van der Waals surface area contributed by atoms with Crippen molar-refractivity contribution in [2.75, 3.05) is 53.4 Å². The fourth-order valence-electron chi connectivity index (χ4n) is 1.56. The largest absolute Gasteiger partial charge is 0.339 e. The maximum absolute atomic E-state index is 11.7. The van der Waals surface area contributed by atoms with E-state index < -0.39 is 0 Å². The molecule has 0 aromatic carbocycles. The summed E-state index contributed by atoms with van der Waals surface area (Å²) in [6.07, 6.45) is 0. The Morgan fingerprint density at radius 2 is 2.00 bits per heavy atom. The van der Waals surface area contributed by atoms with Gasteiger partial charge in [0, 0.05) is 26.2 Å². The standard InChI is InChI=1S/C10H18N4O/c1-12-5-7-14(8-6-12)10(15)9-13(2)4-3-11/h4-9H2,1-2H3. The van der Waals surface area contributed by atoms with Crippen LogP contribution in [-0.2, 0) is 4.79 Å². The van der Waals surface area contributed by atoms with Gasteiger partial charge in [-0.25, -0.2) is 0 Å². The predicted molar refractivity (Wildman–Crippen MR) is 57.2 cm³/mol. The molecule has 84 valence electrons. The zero-order valence-electron chi connectivity index (χ0n) is 9.44. The molecule has 1 amide bonds. The Hall–Kier alpha value is -1.12. The summed E-state index contributed by atoms with van der Waals surface area (Å²) in [6.45, 7) is 4.13. The van der Waals surface area contributed by atoms with E-state index in [-0.39, 0.29) is 5.91 Å². The van der Waals surface area contributed by atoms with Gasteiger partial charge in [0.1, 0.15) is 0 Å². The molecule has 15 heavy (non-hydrogen) atoms. The molecule has 1 saturated heterocycles. The normalized spacial score (nSPS) is 17.9. The minimum atomic E-state index is 0.126. The fourth-order valence-corrected chi connectivity index (χ4v) is 1.56. The first-order valence-electron chi connectivity index (χ1n) is 5.15. The SMILES string of the molecule is CN1CCN(C(=O)CN(C)CC#N)CC1. The first kappa shape index (κ1) is 12.0. The van der Waals surface area contributed by atoms with Gasteiger partial charge in [-0.1, -0.05) is 0 Å². The second kappa shape index (κ2) is 5.69. The van der Waals surface area contributed by atoms with E-state index in [0.717, 1.165) is 26.2 Å². The van der Waals surface area contributed by atoms with Gasteiger partial charge in [-0.15, -0.1) is 0 Å². The van der Waals surface area contributed by atoms with Gasteiger partial charge in [-0.2, -0.15) is 5.26 Å². The van der Waals surface area contributed by atoms with Crippen LogP contribution < -0.4 is 0 Å². The van der Waals surface area contributed by atoms with E-state index in [2.05, 4.69) is 11.9 Å². The van der Waals surface area contributed by atoms with Crippen molar-refractivity contribution in [3.05, 3.63) is 0 Å². The van der Waals surface area contributed by atoms with Gasteiger partial charge in [-0.3, -0.25) is 9.69 Å². The minimum Gasteiger partial charge on any atom is -0.339 e. The summed E-state index contributed by atoms with van der Waals surface area (Å²) in [5.74, 6) is 0.126. The summed E-state index contributed by atoms with van der Waals surface area (Å²) in [5.41, 5.74) is 0. The van der Waals surface area contributed by atoms with Crippen LogP contribution in [0.1, 0.15) is 0 Å². The third-order valence-electron chi connectivity index (χ3n) is 2.60. The molecule has 0 aromatic rings. The molecular weight excluding hydrogens is 192 g/mol. The van der Waals surface area contributed by atoms with Gasteiger partial charge in [0.05, 0.1) is 19.2 Å². The summed E-state index contributed by atoms with van der Waals surface area (Å²) in [4.78, 5) is 17.6. The summed E-state index contributed by atoms with van der Waals surface area (Å²) < 4.78 is 0. The van der Waals surface area contributed by atoms with Gasteiger partial charge < -0.3 is 9.80 Å². The monoisotopic (exact) mass is 210 g/mol. The molecule has 0 unspecified atom stereocenters. The number of nitriles is 1. The molecule has 5 nitrogen and oxygen atoms in total. The third-order valence-corrected chi connectivity index (χ3v) is 2.60. The van der Waals surface area contributed by atoms with Crippen LogP contribution in [0.15, 0.2) is 0 Å². The summed E-state index contributed by atoms with van der Waals surface area (Å²) in [5, 5.41) is 8.47. The number of rotatable bonds is 3. The number of likely N-dealkylation sites (N-methyl/N-ethyl adjacent to an activating group) is 2. The predicted octanol–water partition coefficient (Wildman–Crippen LogP) is -0.784. The molecule has 1 fully saturated rings. The molecule has 0 N–H and O–H groups in total. The molecule has 0 aromatic heterocycles. The second-order valence-corrected chi connectivity index (χ2v) is 4.01. The van der Waals surface area contributed by atoms with E-state index in [1.807, 2.05) is 11.0 Å². The average molecular weight is 210 g/mol. The van der Waals surface area contributed by atoms with Crippen LogP contribution in [0.3, 0.4) is 0 Å². The van der Waals surface area contributed by atoms with Crippen LogP contribution in [0.5, 0.6) is 0 Å². The first-order valence-corrected chi connectivity index (χ1v) is 5.15. The van der Waals surface area contributed by atoms with Crippen molar-refractivity contribution >= 4 is 5.91 Å². The van der Waals surface area contributed by atoms with Crippen LogP contribution in [0.2, 0.25) is 0 Å². The Morgan fingerprint density at radius 1 is 1.40 bits per heavy atom. The molecule has 0 radical (unpaired) electrons. The lowest BCUT2D eigenvalue weighted by atomic mass is 10.3. The molecule has 0 spiro atoms. The summed E-state index contributed by atoms with van der Waals surface area (Å²) >= 11 is 0. The van der Waals surface area contributed by atoms with E-state index in [4.69, 9.17) is 5.26 Å². The molecule has 1 rings (SSSR count). The molecule has 0 aliphatic carbocycles. The Labute approximate surface area is 90.9 Å². The Bertz CT molecular complexity index is 253. The van der Waals surface area contributed by atoms with E-state index in [0.29, 0.717) is 13.1 Å². The first-order chi connectivity index (χ1) is 7.13. The minimum absolute atomic E-state index is 0.126. The van der Waals surface area contributed by atoms with Gasteiger partial charge in [-0.05, 0) is 14.1 Å². The van der Waals surface area contributed by atoms with Crippen molar-refractivity contribution in [2.24, 2.45) is 0 Å². The van der Waals surface area contributed by atoms with Gasteiger partial charge in [0.15, 0.2) is 0 Å². The number of carbonyl (C=O) groups excluding carboxylic acids is 1. The molecule has 0 saturated carbocycles. The van der Waals surface area contributed by atoms with Crippen molar-refractivity contribution in [1.29, 1.82) is 5.26 Å². The van der Waals surface area contributed by atoms with E-state index >= 15 is 0 Å². The van der Waals surface area contributed by atoms with Crippen molar-refractivity contribution in [1.82, 2.24) is 14.7 Å². The molecule has 0 bridgehead atoms. The van der Waals surface area contributed by atoms with Crippen LogP contribution in [0.25, 0.3) is 0 Å². The lowest BCUT2D eigenvalue weighted by Gasteiger charge is -2.33. The summed E-state index contributed by atoms with van der Waals surface area (Å²) in [6, 6.07) is 2.03. The lowest BCUT2D eigenvalue weighted by molar-refractivity contribution is -0.133. The fraction of sp³-hybridized carbons (Fsp3) is 0.800. The highest BCUT2D eigenvalue weighted by molar-refractivity contribution is 5.78. The van der Waals surface area contributed by atoms with Crippen molar-refractivity contribution in [3.8, 4) is 6.07 Å². The van der Waals surface area contributed by atoms with Crippen LogP contribution in [0.4, 0.5) is 0 Å². The smallest absolute Gasteiger partial charge is 0.236 e. The zero-order chi connectivity index (χ0) is 11.3. The maximum atomic E-state index is 11.7. The average Bonchev–Trinajstić information content (AvgIpc) is 2.18. The highest BCUT2D eigenvalue weighted by atomic mass is 16.2. The molecule has 1 aliphatic rings. The molecule has 0 atom stereocenters. The van der Waals surface area contributed by atoms with Gasteiger partial charge in [0.25, 0.3) is 0 Å². The number of nitrogens with zero attached hydrogens (tertiary/aromatic N) is 4. The van der Waals surface area contributed by atoms with Gasteiger partial charge in [0.2, 0.25) is 5.91 Å². The maximum Gasteiger partial charge on any atom is 0.236 e. The number of piperazine rings is 1. The molecule has 1 heterocycles. The van der Waals surface area contributed by atoms with E-state index in [1.54, 1.807) is 11.9 Å². The lowest BCUT2D eigenvalue weighted by Crippen LogP contribution is -2.49. The molecular formula is C10H18N4O. The van der Waals surface area contributed by atoms with Crippen LogP contribution in [-0.4, -0.2) is 74.0 Å². The Kier molecular flexibility index (Phi) is 4.53. The zero-order valence-corrected chi connectivity index (χ0v) is 9.44. The van der Waals surface area contributed by atoms with E-state index in [9.17, 15) is 4.79 Å². The van der Waals surface area contributed by atoms with Crippen molar-refractivity contribution in [2.45, 2.75) is 0 Å². The Balaban J connectivity index is 2.31. The van der Waals surface area contributed by atoms with Crippen LogP contribution in [0, 0.1) is 11.3 Å². The highest BCUT2D eigenvalue weighted by Crippen LogP contribution is 2.00. The third kappa shape index (κ3) is 3.86. The molecule has 1 aliphatic heterocycles. The number of hydrogen-bond donors (Lipinski definition) is 0. The molecule has 5 heteroatoms. The van der Waals surface area contributed by atoms with Gasteiger partial charge >= 0.3 is 0 Å². The topological polar surface area (TPSA) is 50.6 Å². The number of carbonyl (C=O) groups is 1. The Morgan fingerprint density at radius 3 is 2.53 bits per heavy atom. The van der Waals surface area contributed by atoms with Crippen LogP contribution >= 0.6 is 0 Å². The summed E-state index contributed by atoms with van der Waals surface area (Å²) in [7, 11) is 3.85. The van der Waals surface area contributed by atoms with Crippen molar-refractivity contribution in [3.63, 3.8) is 0 Å². The van der Waals surface area contributed by atoms with Crippen molar-refractivity contribution < 1.29 is 4.79 Å². The quantitative estimate of drug-likeness (QED) is 0.573. The second-order valence-electron chi connectivity index (χ2n) is 4.01. The van der Waals surface area contributed by atoms with E-state index in [1.165, 1.54) is 0 Å². The number of hydrogen-bond acceptors (Lipinski definition) is 4.